The van der Waals surface area contributed by atoms with Crippen LogP contribution in [0.25, 0.3) is 10.2 Å². The summed E-state index contributed by atoms with van der Waals surface area (Å²) in [5, 5.41) is 3.50. The molecule has 0 aliphatic rings. The van der Waals surface area contributed by atoms with Gasteiger partial charge in [0, 0.05) is 6.42 Å². The summed E-state index contributed by atoms with van der Waals surface area (Å²) in [6, 6.07) is 3.90. The molecule has 4 nitrogen and oxygen atoms in total. The Bertz CT molecular complexity index is 592. The Morgan fingerprint density at radius 1 is 1.47 bits per heavy atom. The number of methoxy groups -OCH3 is 1. The first-order valence-corrected chi connectivity index (χ1v) is 7.21. The van der Waals surface area contributed by atoms with Crippen LogP contribution < -0.4 is 10.1 Å². The number of carbonyl (C=O) groups excluding carboxylic acids is 1. The molecule has 0 bridgehead atoms. The van der Waals surface area contributed by atoms with Crippen molar-refractivity contribution < 1.29 is 9.53 Å². The first kappa shape index (κ1) is 13.8. The lowest BCUT2D eigenvalue weighted by molar-refractivity contribution is -0.116. The molecule has 1 N–H and O–H groups in total. The Kier molecular flexibility index (Phi) is 4.37. The van der Waals surface area contributed by atoms with Crippen molar-refractivity contribution in [3.05, 3.63) is 17.7 Å². The van der Waals surface area contributed by atoms with Gasteiger partial charge in [0.25, 0.3) is 0 Å². The van der Waals surface area contributed by atoms with Crippen LogP contribution in [0.1, 0.15) is 31.7 Å². The van der Waals surface area contributed by atoms with Crippen molar-refractivity contribution in [3.8, 4) is 5.75 Å². The Labute approximate surface area is 116 Å². The van der Waals surface area contributed by atoms with E-state index in [4.69, 9.17) is 4.74 Å². The number of anilines is 1. The summed E-state index contributed by atoms with van der Waals surface area (Å²) in [7, 11) is 1.63. The smallest absolute Gasteiger partial charge is 0.226 e. The molecule has 0 aliphatic heterocycles. The first-order valence-electron chi connectivity index (χ1n) is 6.39. The van der Waals surface area contributed by atoms with Gasteiger partial charge in [0.1, 0.15) is 11.3 Å². The molecule has 0 spiro atoms. The van der Waals surface area contributed by atoms with Gasteiger partial charge >= 0.3 is 0 Å². The van der Waals surface area contributed by atoms with Gasteiger partial charge in [-0.05, 0) is 25.0 Å². The van der Waals surface area contributed by atoms with E-state index < -0.39 is 0 Å². The van der Waals surface area contributed by atoms with Gasteiger partial charge in [-0.15, -0.1) is 0 Å². The Morgan fingerprint density at radius 2 is 2.26 bits per heavy atom. The van der Waals surface area contributed by atoms with Gasteiger partial charge in [-0.3, -0.25) is 4.79 Å². The minimum absolute atomic E-state index is 0.0255. The molecule has 1 heterocycles. The van der Waals surface area contributed by atoms with E-state index in [1.54, 1.807) is 7.11 Å². The van der Waals surface area contributed by atoms with Crippen LogP contribution in [0.3, 0.4) is 0 Å². The number of aromatic nitrogens is 1. The fourth-order valence-electron chi connectivity index (χ4n) is 1.85. The SMILES string of the molecule is CCCCC(=O)Nc1nc2c(OC)ccc(C)c2s1. The van der Waals surface area contributed by atoms with E-state index in [0.29, 0.717) is 11.6 Å². The van der Waals surface area contributed by atoms with Gasteiger partial charge in [-0.25, -0.2) is 4.98 Å². The summed E-state index contributed by atoms with van der Waals surface area (Å²) in [6.07, 6.45) is 2.46. The summed E-state index contributed by atoms with van der Waals surface area (Å²) in [5.41, 5.74) is 1.96. The third-order valence-electron chi connectivity index (χ3n) is 2.93. The molecule has 0 saturated carbocycles. The van der Waals surface area contributed by atoms with Crippen molar-refractivity contribution in [1.29, 1.82) is 0 Å². The maximum absolute atomic E-state index is 11.7. The molecule has 0 aliphatic carbocycles. The van der Waals surface area contributed by atoms with E-state index in [1.165, 1.54) is 11.3 Å². The normalized spacial score (nSPS) is 10.7. The second-order valence-corrected chi connectivity index (χ2v) is 5.43. The average molecular weight is 278 g/mol. The van der Waals surface area contributed by atoms with Crippen molar-refractivity contribution in [2.24, 2.45) is 0 Å². The predicted octanol–water partition coefficient (Wildman–Crippen LogP) is 3.74. The maximum Gasteiger partial charge on any atom is 0.226 e. The number of hydrogen-bond donors (Lipinski definition) is 1. The number of benzene rings is 1. The van der Waals surface area contributed by atoms with Gasteiger partial charge < -0.3 is 10.1 Å². The number of hydrogen-bond acceptors (Lipinski definition) is 4. The summed E-state index contributed by atoms with van der Waals surface area (Å²) < 4.78 is 6.36. The van der Waals surface area contributed by atoms with E-state index >= 15 is 0 Å². The molecule has 19 heavy (non-hydrogen) atoms. The third kappa shape index (κ3) is 3.04. The topological polar surface area (TPSA) is 51.2 Å². The second kappa shape index (κ2) is 6.02. The number of aryl methyl sites for hydroxylation is 1. The van der Waals surface area contributed by atoms with E-state index in [9.17, 15) is 4.79 Å². The van der Waals surface area contributed by atoms with Crippen molar-refractivity contribution in [3.63, 3.8) is 0 Å². The van der Waals surface area contributed by atoms with Crippen LogP contribution in [0, 0.1) is 6.92 Å². The third-order valence-corrected chi connectivity index (χ3v) is 4.03. The molecule has 2 rings (SSSR count). The van der Waals surface area contributed by atoms with Crippen LogP contribution in [0.5, 0.6) is 5.75 Å². The fraction of sp³-hybridized carbons (Fsp3) is 0.429. The Balaban J connectivity index is 2.26. The molecule has 0 atom stereocenters. The molecular weight excluding hydrogens is 260 g/mol. The number of thiazole rings is 1. The lowest BCUT2D eigenvalue weighted by atomic mass is 10.2. The standard InChI is InChI=1S/C14H18N2O2S/c1-4-5-6-11(17)15-14-16-12-10(18-3)8-7-9(2)13(12)19-14/h7-8H,4-6H2,1-3H3,(H,15,16,17). The highest BCUT2D eigenvalue weighted by atomic mass is 32.1. The zero-order valence-electron chi connectivity index (χ0n) is 11.4. The molecule has 1 aromatic carbocycles. The summed E-state index contributed by atoms with van der Waals surface area (Å²) in [6.45, 7) is 4.10. The van der Waals surface area contributed by atoms with Crippen LogP contribution in [-0.4, -0.2) is 18.0 Å². The minimum atomic E-state index is 0.0255. The molecule has 0 fully saturated rings. The van der Waals surface area contributed by atoms with Gasteiger partial charge in [0.2, 0.25) is 5.91 Å². The zero-order valence-corrected chi connectivity index (χ0v) is 12.3. The highest BCUT2D eigenvalue weighted by Crippen LogP contribution is 2.34. The van der Waals surface area contributed by atoms with Gasteiger partial charge in [-0.2, -0.15) is 0 Å². The molecule has 0 radical (unpaired) electrons. The van der Waals surface area contributed by atoms with E-state index in [0.717, 1.165) is 34.4 Å². The summed E-state index contributed by atoms with van der Waals surface area (Å²) in [5.74, 6) is 0.767. The molecule has 102 valence electrons. The highest BCUT2D eigenvalue weighted by molar-refractivity contribution is 7.22. The van der Waals surface area contributed by atoms with Crippen molar-refractivity contribution >= 4 is 32.6 Å². The number of amides is 1. The van der Waals surface area contributed by atoms with E-state index in [-0.39, 0.29) is 5.91 Å². The lowest BCUT2D eigenvalue weighted by Crippen LogP contribution is -2.10. The molecule has 1 aromatic heterocycles. The molecule has 0 saturated heterocycles. The van der Waals surface area contributed by atoms with Crippen LogP contribution >= 0.6 is 11.3 Å². The van der Waals surface area contributed by atoms with Crippen molar-refractivity contribution in [2.45, 2.75) is 33.1 Å². The van der Waals surface area contributed by atoms with E-state index in [2.05, 4.69) is 17.2 Å². The van der Waals surface area contributed by atoms with Crippen molar-refractivity contribution in [2.75, 3.05) is 12.4 Å². The highest BCUT2D eigenvalue weighted by Gasteiger charge is 2.12. The molecule has 2 aromatic rings. The average Bonchev–Trinajstić information content (AvgIpc) is 2.81. The van der Waals surface area contributed by atoms with Crippen LogP contribution in [0.2, 0.25) is 0 Å². The second-order valence-electron chi connectivity index (χ2n) is 4.43. The van der Waals surface area contributed by atoms with Crippen molar-refractivity contribution in [1.82, 2.24) is 4.98 Å². The number of nitrogens with zero attached hydrogens (tertiary/aromatic N) is 1. The first-order chi connectivity index (χ1) is 9.15. The number of carbonyl (C=O) groups is 1. The van der Waals surface area contributed by atoms with Crippen LogP contribution in [0.15, 0.2) is 12.1 Å². The number of unbranched alkanes of at least 4 members (excludes halogenated alkanes) is 1. The number of fused-ring (bicyclic) bond motifs is 1. The lowest BCUT2D eigenvalue weighted by Gasteiger charge is -2.01. The number of nitrogens with one attached hydrogen (secondary N) is 1. The van der Waals surface area contributed by atoms with Crippen LogP contribution in [0.4, 0.5) is 5.13 Å². The Morgan fingerprint density at radius 3 is 2.95 bits per heavy atom. The van der Waals surface area contributed by atoms with E-state index in [1.807, 2.05) is 19.1 Å². The van der Waals surface area contributed by atoms with Gasteiger partial charge in [0.05, 0.1) is 11.8 Å². The Hall–Kier alpha value is -1.62. The number of ether oxygens (including phenoxy) is 1. The number of rotatable bonds is 5. The largest absolute Gasteiger partial charge is 0.494 e. The molecule has 0 unspecified atom stereocenters. The molecule has 5 heteroatoms. The quantitative estimate of drug-likeness (QED) is 0.906. The maximum atomic E-state index is 11.7. The van der Waals surface area contributed by atoms with Crippen LogP contribution in [-0.2, 0) is 4.79 Å². The fourth-order valence-corrected chi connectivity index (χ4v) is 2.81. The predicted molar refractivity (Wildman–Crippen MR) is 79.1 cm³/mol. The molecular formula is C14H18N2O2S. The van der Waals surface area contributed by atoms with Gasteiger partial charge in [0.15, 0.2) is 5.13 Å². The zero-order chi connectivity index (χ0) is 13.8. The van der Waals surface area contributed by atoms with Gasteiger partial charge in [-0.1, -0.05) is 30.7 Å². The summed E-state index contributed by atoms with van der Waals surface area (Å²) >= 11 is 1.49. The summed E-state index contributed by atoms with van der Waals surface area (Å²) in [4.78, 5) is 16.2. The monoisotopic (exact) mass is 278 g/mol. The minimum Gasteiger partial charge on any atom is -0.494 e. The molecule has 1 amide bonds.